The third-order valence-corrected chi connectivity index (χ3v) is 5.33. The number of hydrogen-bond acceptors (Lipinski definition) is 4. The summed E-state index contributed by atoms with van der Waals surface area (Å²) in [5, 5.41) is 5.54. The molecule has 0 bridgehead atoms. The van der Waals surface area contributed by atoms with Crippen LogP contribution in [0, 0.1) is 11.7 Å². The number of hydrogen-bond donors (Lipinski definition) is 2. The number of carbonyl (C=O) groups excluding carboxylic acids is 2. The normalized spacial score (nSPS) is 14.4. The highest BCUT2D eigenvalue weighted by Crippen LogP contribution is 2.29. The second-order valence-electron chi connectivity index (χ2n) is 7.58. The molecule has 1 heterocycles. The molecule has 1 aliphatic rings. The predicted molar refractivity (Wildman–Crippen MR) is 116 cm³/mol. The topological polar surface area (TPSA) is 70.7 Å². The molecule has 30 heavy (non-hydrogen) atoms. The average Bonchev–Trinajstić information content (AvgIpc) is 2.75. The molecule has 0 saturated carbocycles. The molecular weight excluding hydrogens is 385 g/mol. The van der Waals surface area contributed by atoms with Gasteiger partial charge in [-0.25, -0.2) is 4.39 Å². The minimum absolute atomic E-state index is 0.0438. The molecule has 6 nitrogen and oxygen atoms in total. The molecule has 0 aliphatic carbocycles. The largest absolute Gasteiger partial charge is 0.383 e. The Labute approximate surface area is 176 Å². The number of anilines is 2. The van der Waals surface area contributed by atoms with Gasteiger partial charge in [0.25, 0.3) is 11.8 Å². The Morgan fingerprint density at radius 1 is 1.10 bits per heavy atom. The van der Waals surface area contributed by atoms with Gasteiger partial charge in [-0.05, 0) is 49.1 Å². The highest BCUT2D eigenvalue weighted by atomic mass is 19.1. The number of amides is 2. The zero-order chi connectivity index (χ0) is 21.5. The van der Waals surface area contributed by atoms with Crippen LogP contribution < -0.4 is 15.5 Å². The fourth-order valence-corrected chi connectivity index (χ4v) is 3.53. The van der Waals surface area contributed by atoms with Crippen LogP contribution in [0.5, 0.6) is 0 Å². The quantitative estimate of drug-likeness (QED) is 0.679. The van der Waals surface area contributed by atoms with Crippen molar-refractivity contribution >= 4 is 23.2 Å². The van der Waals surface area contributed by atoms with E-state index in [4.69, 9.17) is 4.74 Å². The van der Waals surface area contributed by atoms with Crippen molar-refractivity contribution < 1.29 is 18.7 Å². The van der Waals surface area contributed by atoms with Crippen molar-refractivity contribution in [2.45, 2.75) is 19.8 Å². The highest BCUT2D eigenvalue weighted by Gasteiger charge is 2.22. The molecule has 1 saturated heterocycles. The fraction of sp³-hybridized carbons (Fsp3) is 0.391. The Morgan fingerprint density at radius 3 is 2.53 bits per heavy atom. The molecule has 2 aromatic rings. The van der Waals surface area contributed by atoms with Crippen LogP contribution in [0.15, 0.2) is 42.5 Å². The van der Waals surface area contributed by atoms with Gasteiger partial charge in [-0.15, -0.1) is 0 Å². The summed E-state index contributed by atoms with van der Waals surface area (Å²) in [4.78, 5) is 27.5. The van der Waals surface area contributed by atoms with Crippen LogP contribution in [0.1, 0.15) is 40.5 Å². The number of nitrogens with zero attached hydrogens (tertiary/aromatic N) is 1. The summed E-state index contributed by atoms with van der Waals surface area (Å²) in [6, 6.07) is 11.0. The molecule has 3 rings (SSSR count). The zero-order valence-electron chi connectivity index (χ0n) is 17.4. The third kappa shape index (κ3) is 5.36. The molecule has 1 fully saturated rings. The summed E-state index contributed by atoms with van der Waals surface area (Å²) >= 11 is 0. The van der Waals surface area contributed by atoms with Crippen LogP contribution >= 0.6 is 0 Å². The minimum Gasteiger partial charge on any atom is -0.383 e. The van der Waals surface area contributed by atoms with Crippen molar-refractivity contribution in [3.8, 4) is 0 Å². The van der Waals surface area contributed by atoms with E-state index in [-0.39, 0.29) is 11.5 Å². The first-order valence-corrected chi connectivity index (χ1v) is 10.2. The van der Waals surface area contributed by atoms with Crippen LogP contribution in [0.25, 0.3) is 0 Å². The lowest BCUT2D eigenvalue weighted by atomic mass is 9.97. The number of rotatable bonds is 7. The van der Waals surface area contributed by atoms with Gasteiger partial charge in [0.1, 0.15) is 5.82 Å². The van der Waals surface area contributed by atoms with Crippen LogP contribution in [0.2, 0.25) is 0 Å². The smallest absolute Gasteiger partial charge is 0.258 e. The van der Waals surface area contributed by atoms with Gasteiger partial charge in [0.2, 0.25) is 0 Å². The van der Waals surface area contributed by atoms with E-state index in [9.17, 15) is 14.0 Å². The van der Waals surface area contributed by atoms with Crippen LogP contribution in [0.4, 0.5) is 15.8 Å². The van der Waals surface area contributed by atoms with Gasteiger partial charge in [-0.3, -0.25) is 9.59 Å². The summed E-state index contributed by atoms with van der Waals surface area (Å²) in [6.07, 6.45) is 2.13. The lowest BCUT2D eigenvalue weighted by molar-refractivity contribution is 0.0936. The Bertz CT molecular complexity index is 895. The summed E-state index contributed by atoms with van der Waals surface area (Å²) in [5.74, 6) is -0.716. The molecule has 0 spiro atoms. The Morgan fingerprint density at radius 2 is 1.83 bits per heavy atom. The molecule has 0 unspecified atom stereocenters. The molecule has 0 aromatic heterocycles. The van der Waals surface area contributed by atoms with Crippen molar-refractivity contribution in [3.05, 3.63) is 59.4 Å². The number of ether oxygens (including phenoxy) is 1. The van der Waals surface area contributed by atoms with Gasteiger partial charge in [-0.2, -0.15) is 0 Å². The minimum atomic E-state index is -0.591. The summed E-state index contributed by atoms with van der Waals surface area (Å²) < 4.78 is 18.9. The van der Waals surface area contributed by atoms with Crippen molar-refractivity contribution in [2.24, 2.45) is 5.92 Å². The molecule has 0 radical (unpaired) electrons. The maximum Gasteiger partial charge on any atom is 0.258 e. The number of piperidine rings is 1. The van der Waals surface area contributed by atoms with Crippen molar-refractivity contribution in [3.63, 3.8) is 0 Å². The van der Waals surface area contributed by atoms with Crippen LogP contribution in [0.3, 0.4) is 0 Å². The Balaban J connectivity index is 1.84. The van der Waals surface area contributed by atoms with E-state index in [0.29, 0.717) is 30.3 Å². The van der Waals surface area contributed by atoms with E-state index in [1.165, 1.54) is 18.2 Å². The lowest BCUT2D eigenvalue weighted by Gasteiger charge is -2.33. The lowest BCUT2D eigenvalue weighted by Crippen LogP contribution is -2.35. The molecule has 1 aliphatic heterocycles. The Hall–Kier alpha value is -2.93. The van der Waals surface area contributed by atoms with Crippen LogP contribution in [-0.2, 0) is 4.74 Å². The standard InChI is InChI=1S/C23H28FN3O3/c1-16-9-12-27(13-10-16)21-8-7-17(15-19(21)22(28)25-11-14-30-2)26-23(29)18-5-3-4-6-20(18)24/h3-8,15-16H,9-14H2,1-2H3,(H,25,28)(H,26,29). The predicted octanol–water partition coefficient (Wildman–Crippen LogP) is 3.69. The molecule has 0 atom stereocenters. The van der Waals surface area contributed by atoms with Crippen molar-refractivity contribution in [2.75, 3.05) is 43.6 Å². The number of methoxy groups -OCH3 is 1. The number of carbonyl (C=O) groups is 2. The summed E-state index contributed by atoms with van der Waals surface area (Å²) in [5.41, 5.74) is 1.71. The van der Waals surface area contributed by atoms with Crippen molar-refractivity contribution in [1.82, 2.24) is 5.32 Å². The van der Waals surface area contributed by atoms with E-state index >= 15 is 0 Å². The number of nitrogens with one attached hydrogen (secondary N) is 2. The Kier molecular flexibility index (Phi) is 7.41. The monoisotopic (exact) mass is 413 g/mol. The second-order valence-corrected chi connectivity index (χ2v) is 7.58. The maximum atomic E-state index is 13.9. The van der Waals surface area contributed by atoms with E-state index in [1.807, 2.05) is 6.07 Å². The molecule has 7 heteroatoms. The first-order valence-electron chi connectivity index (χ1n) is 10.2. The summed E-state index contributed by atoms with van der Waals surface area (Å²) in [7, 11) is 1.57. The fourth-order valence-electron chi connectivity index (χ4n) is 3.53. The van der Waals surface area contributed by atoms with Gasteiger partial charge in [0.15, 0.2) is 0 Å². The van der Waals surface area contributed by atoms with Gasteiger partial charge >= 0.3 is 0 Å². The zero-order valence-corrected chi connectivity index (χ0v) is 17.4. The maximum absolute atomic E-state index is 13.9. The van der Waals surface area contributed by atoms with E-state index in [2.05, 4.69) is 22.5 Å². The van der Waals surface area contributed by atoms with Gasteiger partial charge in [-0.1, -0.05) is 19.1 Å². The molecule has 160 valence electrons. The number of halogens is 1. The summed E-state index contributed by atoms with van der Waals surface area (Å²) in [6.45, 7) is 4.78. The van der Waals surface area contributed by atoms with Crippen molar-refractivity contribution in [1.29, 1.82) is 0 Å². The second kappa shape index (κ2) is 10.2. The molecule has 2 amide bonds. The first-order chi connectivity index (χ1) is 14.5. The SMILES string of the molecule is COCCNC(=O)c1cc(NC(=O)c2ccccc2F)ccc1N1CCC(C)CC1. The van der Waals surface area contributed by atoms with E-state index in [1.54, 1.807) is 25.3 Å². The number of benzene rings is 2. The average molecular weight is 413 g/mol. The first kappa shape index (κ1) is 21.8. The van der Waals surface area contributed by atoms with E-state index < -0.39 is 11.7 Å². The molecular formula is C23H28FN3O3. The van der Waals surface area contributed by atoms with Gasteiger partial charge in [0.05, 0.1) is 17.7 Å². The highest BCUT2D eigenvalue weighted by molar-refractivity contribution is 6.06. The van der Waals surface area contributed by atoms with Gasteiger partial charge < -0.3 is 20.3 Å². The van der Waals surface area contributed by atoms with Gasteiger partial charge in [0, 0.05) is 38.1 Å². The van der Waals surface area contributed by atoms with E-state index in [0.717, 1.165) is 31.6 Å². The molecule has 2 N–H and O–H groups in total. The molecule has 2 aromatic carbocycles. The third-order valence-electron chi connectivity index (χ3n) is 5.33. The van der Waals surface area contributed by atoms with Crippen LogP contribution in [-0.4, -0.2) is 45.2 Å².